The summed E-state index contributed by atoms with van der Waals surface area (Å²) in [4.78, 5) is 2.11. The van der Waals surface area contributed by atoms with Gasteiger partial charge in [-0.05, 0) is 24.0 Å². The molecule has 5 heteroatoms. The Labute approximate surface area is 121 Å². The second-order valence-corrected chi connectivity index (χ2v) is 7.72. The molecule has 0 fully saturated rings. The van der Waals surface area contributed by atoms with Crippen LogP contribution in [0.15, 0.2) is 24.3 Å². The zero-order valence-corrected chi connectivity index (χ0v) is 12.8. The van der Waals surface area contributed by atoms with Crippen LogP contribution < -0.4 is 0 Å². The first kappa shape index (κ1) is 15.5. The van der Waals surface area contributed by atoms with Crippen LogP contribution in [0.5, 0.6) is 0 Å². The molecular formula is C15H23NO3S. The third-order valence-corrected chi connectivity index (χ3v) is 5.74. The molecule has 0 aromatic heterocycles. The molecule has 0 bridgehead atoms. The molecule has 0 heterocycles. The Hall–Kier alpha value is -0.910. The maximum Gasteiger partial charge on any atom is 0.151 e. The lowest BCUT2D eigenvalue weighted by Gasteiger charge is -2.28. The van der Waals surface area contributed by atoms with Crippen molar-refractivity contribution in [3.05, 3.63) is 35.4 Å². The van der Waals surface area contributed by atoms with Gasteiger partial charge >= 0.3 is 0 Å². The van der Waals surface area contributed by atoms with E-state index in [-0.39, 0.29) is 24.2 Å². The minimum atomic E-state index is -2.96. The predicted molar refractivity (Wildman–Crippen MR) is 80.5 cm³/mol. The Balaban J connectivity index is 2.10. The Bertz CT molecular complexity index is 542. The van der Waals surface area contributed by atoms with Gasteiger partial charge in [-0.15, -0.1) is 0 Å². The van der Waals surface area contributed by atoms with E-state index in [1.807, 2.05) is 12.1 Å². The van der Waals surface area contributed by atoms with Crippen LogP contribution in [0, 0.1) is 0 Å². The summed E-state index contributed by atoms with van der Waals surface area (Å²) in [6.07, 6.45) is 2.04. The number of fused-ring (bicyclic) bond motifs is 1. The summed E-state index contributed by atoms with van der Waals surface area (Å²) in [5, 5.41) is 9.24. The molecule has 0 aliphatic heterocycles. The molecule has 4 nitrogen and oxygen atoms in total. The lowest BCUT2D eigenvalue weighted by molar-refractivity contribution is 0.157. The molecule has 20 heavy (non-hydrogen) atoms. The van der Waals surface area contributed by atoms with Gasteiger partial charge < -0.3 is 5.11 Å². The first-order valence-electron chi connectivity index (χ1n) is 7.20. The topological polar surface area (TPSA) is 57.6 Å². The van der Waals surface area contributed by atoms with E-state index < -0.39 is 9.84 Å². The highest BCUT2D eigenvalue weighted by Gasteiger charge is 2.27. The summed E-state index contributed by atoms with van der Waals surface area (Å²) in [6, 6.07) is 8.56. The van der Waals surface area contributed by atoms with E-state index in [0.717, 1.165) is 12.8 Å². The van der Waals surface area contributed by atoms with Crippen molar-refractivity contribution >= 4 is 9.84 Å². The van der Waals surface area contributed by atoms with Crippen LogP contribution in [-0.2, 0) is 16.3 Å². The van der Waals surface area contributed by atoms with E-state index in [2.05, 4.69) is 17.0 Å². The summed E-state index contributed by atoms with van der Waals surface area (Å²) in [7, 11) is -2.96. The molecule has 0 saturated heterocycles. The van der Waals surface area contributed by atoms with Crippen molar-refractivity contribution in [2.45, 2.75) is 25.8 Å². The average Bonchev–Trinajstić information content (AvgIpc) is 2.87. The van der Waals surface area contributed by atoms with Gasteiger partial charge in [0.05, 0.1) is 12.4 Å². The monoisotopic (exact) mass is 297 g/mol. The van der Waals surface area contributed by atoms with Crippen LogP contribution in [0.2, 0.25) is 0 Å². The quantitative estimate of drug-likeness (QED) is 0.826. The summed E-state index contributed by atoms with van der Waals surface area (Å²) in [6.45, 7) is 2.76. The lowest BCUT2D eigenvalue weighted by Crippen LogP contribution is -2.35. The van der Waals surface area contributed by atoms with Gasteiger partial charge in [0, 0.05) is 24.9 Å². The number of aliphatic hydroxyl groups excluding tert-OH is 1. The SMILES string of the molecule is CCS(=O)(=O)CCN(CCO)C1CCc2ccccc21. The Kier molecular flexibility index (Phi) is 5.18. The van der Waals surface area contributed by atoms with E-state index in [1.165, 1.54) is 11.1 Å². The van der Waals surface area contributed by atoms with Crippen molar-refractivity contribution in [3.63, 3.8) is 0 Å². The molecule has 0 radical (unpaired) electrons. The number of aliphatic hydroxyl groups is 1. The van der Waals surface area contributed by atoms with Crippen LogP contribution in [-0.4, -0.2) is 49.6 Å². The fraction of sp³-hybridized carbons (Fsp3) is 0.600. The van der Waals surface area contributed by atoms with Crippen LogP contribution in [0.4, 0.5) is 0 Å². The molecule has 2 rings (SSSR count). The van der Waals surface area contributed by atoms with Gasteiger partial charge in [-0.1, -0.05) is 31.2 Å². The van der Waals surface area contributed by atoms with E-state index in [4.69, 9.17) is 0 Å². The Morgan fingerprint density at radius 2 is 2.05 bits per heavy atom. The molecule has 1 unspecified atom stereocenters. The van der Waals surface area contributed by atoms with Crippen molar-refractivity contribution in [1.82, 2.24) is 4.90 Å². The van der Waals surface area contributed by atoms with E-state index in [9.17, 15) is 13.5 Å². The highest BCUT2D eigenvalue weighted by atomic mass is 32.2. The number of benzene rings is 1. The fourth-order valence-electron chi connectivity index (χ4n) is 2.87. The molecule has 1 atom stereocenters. The maximum absolute atomic E-state index is 11.7. The standard InChI is InChI=1S/C15H23NO3S/c1-2-20(18,19)12-10-16(9-11-17)15-8-7-13-5-3-4-6-14(13)15/h3-6,15,17H,2,7-12H2,1H3. The molecule has 1 aromatic carbocycles. The first-order valence-corrected chi connectivity index (χ1v) is 9.02. The zero-order chi connectivity index (χ0) is 14.6. The van der Waals surface area contributed by atoms with Crippen molar-refractivity contribution in [1.29, 1.82) is 0 Å². The fourth-order valence-corrected chi connectivity index (χ4v) is 3.67. The number of sulfone groups is 1. The molecule has 1 aliphatic carbocycles. The highest BCUT2D eigenvalue weighted by Crippen LogP contribution is 2.35. The smallest absolute Gasteiger partial charge is 0.151 e. The zero-order valence-electron chi connectivity index (χ0n) is 12.0. The molecule has 0 spiro atoms. The van der Waals surface area contributed by atoms with Crippen molar-refractivity contribution in [2.75, 3.05) is 31.2 Å². The van der Waals surface area contributed by atoms with Gasteiger partial charge in [-0.3, -0.25) is 4.90 Å². The summed E-state index contributed by atoms with van der Waals surface area (Å²) in [5.41, 5.74) is 2.63. The summed E-state index contributed by atoms with van der Waals surface area (Å²) >= 11 is 0. The van der Waals surface area contributed by atoms with Crippen molar-refractivity contribution in [3.8, 4) is 0 Å². The van der Waals surface area contributed by atoms with Crippen molar-refractivity contribution < 1.29 is 13.5 Å². The third-order valence-electron chi connectivity index (χ3n) is 4.06. The lowest BCUT2D eigenvalue weighted by atomic mass is 10.1. The summed E-state index contributed by atoms with van der Waals surface area (Å²) < 4.78 is 23.4. The normalized spacial score (nSPS) is 18.4. The average molecular weight is 297 g/mol. The molecule has 1 aliphatic rings. The Morgan fingerprint density at radius 3 is 2.75 bits per heavy atom. The number of nitrogens with zero attached hydrogens (tertiary/aromatic N) is 1. The van der Waals surface area contributed by atoms with Gasteiger partial charge in [-0.2, -0.15) is 0 Å². The molecular weight excluding hydrogens is 274 g/mol. The Morgan fingerprint density at radius 1 is 1.30 bits per heavy atom. The predicted octanol–water partition coefficient (Wildman–Crippen LogP) is 1.40. The number of hydrogen-bond acceptors (Lipinski definition) is 4. The minimum absolute atomic E-state index is 0.0604. The number of hydrogen-bond donors (Lipinski definition) is 1. The summed E-state index contributed by atoms with van der Waals surface area (Å²) in [5.74, 6) is 0.351. The van der Waals surface area contributed by atoms with Crippen LogP contribution in [0.1, 0.15) is 30.5 Å². The largest absolute Gasteiger partial charge is 0.395 e. The molecule has 0 amide bonds. The number of rotatable bonds is 7. The van der Waals surface area contributed by atoms with Crippen LogP contribution >= 0.6 is 0 Å². The molecule has 1 N–H and O–H groups in total. The van der Waals surface area contributed by atoms with Crippen LogP contribution in [0.3, 0.4) is 0 Å². The second kappa shape index (κ2) is 6.70. The minimum Gasteiger partial charge on any atom is -0.395 e. The maximum atomic E-state index is 11.7. The van der Waals surface area contributed by atoms with E-state index >= 15 is 0 Å². The second-order valence-electron chi connectivity index (χ2n) is 5.25. The van der Waals surface area contributed by atoms with Gasteiger partial charge in [0.2, 0.25) is 0 Å². The molecule has 112 valence electrons. The van der Waals surface area contributed by atoms with Crippen molar-refractivity contribution in [2.24, 2.45) is 0 Å². The highest BCUT2D eigenvalue weighted by molar-refractivity contribution is 7.91. The van der Waals surface area contributed by atoms with Gasteiger partial charge in [-0.25, -0.2) is 8.42 Å². The molecule has 0 saturated carbocycles. The van der Waals surface area contributed by atoms with E-state index in [0.29, 0.717) is 13.1 Å². The molecule has 1 aromatic rings. The van der Waals surface area contributed by atoms with Gasteiger partial charge in [0.15, 0.2) is 9.84 Å². The van der Waals surface area contributed by atoms with Gasteiger partial charge in [0.25, 0.3) is 0 Å². The van der Waals surface area contributed by atoms with Crippen LogP contribution in [0.25, 0.3) is 0 Å². The number of aryl methyl sites for hydroxylation is 1. The first-order chi connectivity index (χ1) is 9.57. The third kappa shape index (κ3) is 3.59. The van der Waals surface area contributed by atoms with E-state index in [1.54, 1.807) is 6.92 Å². The van der Waals surface area contributed by atoms with Gasteiger partial charge in [0.1, 0.15) is 0 Å².